The van der Waals surface area contributed by atoms with Gasteiger partial charge in [0.1, 0.15) is 5.01 Å². The molecule has 0 aromatic carbocycles. The highest BCUT2D eigenvalue weighted by molar-refractivity contribution is 7.11. The van der Waals surface area contributed by atoms with Gasteiger partial charge in [-0.05, 0) is 57.0 Å². The van der Waals surface area contributed by atoms with Crippen LogP contribution in [0.3, 0.4) is 0 Å². The molecule has 2 atom stereocenters. The lowest BCUT2D eigenvalue weighted by Crippen LogP contribution is -2.40. The Morgan fingerprint density at radius 3 is 2.87 bits per heavy atom. The molecule has 1 N–H and O–H groups in total. The molecule has 0 amide bonds. The molecule has 23 heavy (non-hydrogen) atoms. The Kier molecular flexibility index (Phi) is 5.34. The number of thiazole rings is 1. The van der Waals surface area contributed by atoms with E-state index in [0.29, 0.717) is 0 Å². The number of hydrogen-bond donors (Lipinski definition) is 1. The number of carbonyl (C=O) groups is 1. The second kappa shape index (κ2) is 7.28. The van der Waals surface area contributed by atoms with Crippen LogP contribution in [0.4, 0.5) is 0 Å². The number of aliphatic hydroxyl groups is 1. The third-order valence-corrected chi connectivity index (χ3v) is 6.22. The second-order valence-corrected chi connectivity index (χ2v) is 8.08. The van der Waals surface area contributed by atoms with E-state index in [1.54, 1.807) is 0 Å². The number of fused-ring (bicyclic) bond motifs is 1. The first kappa shape index (κ1) is 16.9. The summed E-state index contributed by atoms with van der Waals surface area (Å²) >= 11 is 1.87. The first-order valence-corrected chi connectivity index (χ1v) is 9.34. The molecule has 1 aliphatic heterocycles. The zero-order chi connectivity index (χ0) is 16.4. The van der Waals surface area contributed by atoms with Crippen LogP contribution in [0.5, 0.6) is 0 Å². The second-order valence-electron chi connectivity index (χ2n) is 6.91. The number of rotatable bonds is 4. The molecule has 5 nitrogen and oxygen atoms in total. The van der Waals surface area contributed by atoms with E-state index in [-0.39, 0.29) is 5.92 Å². The first-order chi connectivity index (χ1) is 11.1. The Bertz CT molecular complexity index is 552. The smallest absolute Gasteiger partial charge is 0.334 e. The van der Waals surface area contributed by atoms with E-state index in [1.807, 2.05) is 11.3 Å². The molecule has 0 radical (unpaired) electrons. The summed E-state index contributed by atoms with van der Waals surface area (Å²) in [6.07, 6.45) is 4.25. The molecule has 3 rings (SSSR count). The number of methoxy groups -OCH3 is 1. The van der Waals surface area contributed by atoms with Gasteiger partial charge in [-0.1, -0.05) is 6.92 Å². The molecule has 2 heterocycles. The van der Waals surface area contributed by atoms with Crippen LogP contribution in [-0.2, 0) is 28.9 Å². The highest BCUT2D eigenvalue weighted by atomic mass is 32.1. The maximum atomic E-state index is 11.4. The highest BCUT2D eigenvalue weighted by Crippen LogP contribution is 2.31. The average Bonchev–Trinajstić information content (AvgIpc) is 2.95. The molecule has 6 heteroatoms. The van der Waals surface area contributed by atoms with Crippen molar-refractivity contribution in [1.82, 2.24) is 9.88 Å². The molecule has 1 aromatic rings. The molecule has 0 bridgehead atoms. The molecule has 0 spiro atoms. The van der Waals surface area contributed by atoms with Gasteiger partial charge in [0.25, 0.3) is 0 Å². The summed E-state index contributed by atoms with van der Waals surface area (Å²) in [7, 11) is 1.33. The van der Waals surface area contributed by atoms with Gasteiger partial charge in [0.15, 0.2) is 6.10 Å². The van der Waals surface area contributed by atoms with Gasteiger partial charge in [-0.15, -0.1) is 11.3 Å². The molecule has 1 aliphatic carbocycles. The van der Waals surface area contributed by atoms with Crippen molar-refractivity contribution >= 4 is 17.3 Å². The van der Waals surface area contributed by atoms with Crippen molar-refractivity contribution < 1.29 is 14.6 Å². The molecule has 1 fully saturated rings. The number of esters is 1. The number of likely N-dealkylation sites (tertiary alicyclic amines) is 1. The highest BCUT2D eigenvalue weighted by Gasteiger charge is 2.31. The maximum absolute atomic E-state index is 11.4. The number of ether oxygens (including phenoxy) is 1. The Labute approximate surface area is 141 Å². The van der Waals surface area contributed by atoms with E-state index in [9.17, 15) is 9.90 Å². The predicted molar refractivity (Wildman–Crippen MR) is 89.3 cm³/mol. The van der Waals surface area contributed by atoms with Crippen molar-refractivity contribution in [3.63, 3.8) is 0 Å². The fraction of sp³-hybridized carbons (Fsp3) is 0.765. The Hall–Kier alpha value is -0.980. The summed E-state index contributed by atoms with van der Waals surface area (Å²) in [6, 6.07) is 0. The van der Waals surface area contributed by atoms with E-state index >= 15 is 0 Å². The molecule has 1 saturated heterocycles. The molecule has 0 saturated carbocycles. The van der Waals surface area contributed by atoms with Crippen LogP contribution >= 0.6 is 11.3 Å². The van der Waals surface area contributed by atoms with E-state index in [1.165, 1.54) is 35.5 Å². The van der Waals surface area contributed by atoms with Gasteiger partial charge >= 0.3 is 5.97 Å². The minimum absolute atomic E-state index is 0.0176. The van der Waals surface area contributed by atoms with Gasteiger partial charge in [-0.2, -0.15) is 0 Å². The lowest BCUT2D eigenvalue weighted by molar-refractivity contribution is -0.154. The van der Waals surface area contributed by atoms with E-state index in [4.69, 9.17) is 4.98 Å². The van der Waals surface area contributed by atoms with Crippen molar-refractivity contribution in [2.75, 3.05) is 20.2 Å². The van der Waals surface area contributed by atoms with Crippen LogP contribution in [0.15, 0.2) is 0 Å². The number of aliphatic hydroxyl groups excluding tert-OH is 1. The van der Waals surface area contributed by atoms with Crippen LogP contribution in [0.25, 0.3) is 0 Å². The third kappa shape index (κ3) is 3.92. The van der Waals surface area contributed by atoms with Crippen LogP contribution in [0, 0.1) is 11.8 Å². The van der Waals surface area contributed by atoms with Gasteiger partial charge in [0.2, 0.25) is 0 Å². The van der Waals surface area contributed by atoms with Crippen molar-refractivity contribution in [3.05, 3.63) is 15.6 Å². The first-order valence-electron chi connectivity index (χ1n) is 8.52. The molecular weight excluding hydrogens is 312 g/mol. The normalized spacial score (nSPS) is 24.2. The quantitative estimate of drug-likeness (QED) is 0.851. The van der Waals surface area contributed by atoms with Crippen molar-refractivity contribution in [2.45, 2.75) is 51.7 Å². The minimum Gasteiger partial charge on any atom is -0.467 e. The van der Waals surface area contributed by atoms with Gasteiger partial charge in [-0.3, -0.25) is 4.90 Å². The van der Waals surface area contributed by atoms with Gasteiger partial charge in [0, 0.05) is 4.88 Å². The van der Waals surface area contributed by atoms with Crippen LogP contribution in [0.1, 0.15) is 41.8 Å². The van der Waals surface area contributed by atoms with E-state index in [0.717, 1.165) is 44.8 Å². The Morgan fingerprint density at radius 2 is 2.17 bits per heavy atom. The standard InChI is InChI=1S/C17H26N2O3S/c1-11-3-4-13-14(9-11)23-15(18-13)10-19-7-5-12(6-8-19)16(20)17(21)22-2/h11-12,16,20H,3-10H2,1-2H3. The van der Waals surface area contributed by atoms with Gasteiger partial charge < -0.3 is 9.84 Å². The fourth-order valence-electron chi connectivity index (χ4n) is 3.59. The molecule has 128 valence electrons. The Morgan fingerprint density at radius 1 is 1.43 bits per heavy atom. The van der Waals surface area contributed by atoms with Crippen LogP contribution in [-0.4, -0.2) is 47.3 Å². The predicted octanol–water partition coefficient (Wildman–Crippen LogP) is 2.01. The Balaban J connectivity index is 1.52. The number of carbonyl (C=O) groups excluding carboxylic acids is 1. The van der Waals surface area contributed by atoms with E-state index in [2.05, 4.69) is 16.6 Å². The van der Waals surface area contributed by atoms with Crippen molar-refractivity contribution in [1.29, 1.82) is 0 Å². The lowest BCUT2D eigenvalue weighted by Gasteiger charge is -2.32. The van der Waals surface area contributed by atoms with Gasteiger partial charge in [0.05, 0.1) is 19.3 Å². The molecule has 1 aromatic heterocycles. The maximum Gasteiger partial charge on any atom is 0.334 e. The summed E-state index contributed by atoms with van der Waals surface area (Å²) in [5, 5.41) is 11.2. The number of aromatic nitrogens is 1. The van der Waals surface area contributed by atoms with Crippen molar-refractivity contribution in [2.24, 2.45) is 11.8 Å². The molecule has 2 aliphatic rings. The number of piperidine rings is 1. The summed E-state index contributed by atoms with van der Waals surface area (Å²) in [5.74, 6) is 0.292. The van der Waals surface area contributed by atoms with Gasteiger partial charge in [-0.25, -0.2) is 9.78 Å². The molecular formula is C17H26N2O3S. The third-order valence-electron chi connectivity index (χ3n) is 5.11. The van der Waals surface area contributed by atoms with Crippen molar-refractivity contribution in [3.8, 4) is 0 Å². The summed E-state index contributed by atoms with van der Waals surface area (Å²) in [4.78, 5) is 20.1. The fourth-order valence-corrected chi connectivity index (χ4v) is 4.91. The number of aryl methyl sites for hydroxylation is 1. The summed E-state index contributed by atoms with van der Waals surface area (Å²) in [6.45, 7) is 5.02. The minimum atomic E-state index is -0.976. The summed E-state index contributed by atoms with van der Waals surface area (Å²) < 4.78 is 4.63. The zero-order valence-electron chi connectivity index (χ0n) is 14.0. The zero-order valence-corrected chi connectivity index (χ0v) is 14.8. The summed E-state index contributed by atoms with van der Waals surface area (Å²) in [5.41, 5.74) is 1.32. The van der Waals surface area contributed by atoms with Crippen LogP contribution in [0.2, 0.25) is 0 Å². The van der Waals surface area contributed by atoms with E-state index < -0.39 is 12.1 Å². The molecule has 2 unspecified atom stereocenters. The average molecular weight is 338 g/mol. The monoisotopic (exact) mass is 338 g/mol. The topological polar surface area (TPSA) is 62.7 Å². The number of hydrogen-bond acceptors (Lipinski definition) is 6. The van der Waals surface area contributed by atoms with Crippen LogP contribution < -0.4 is 0 Å². The number of nitrogens with zero attached hydrogens (tertiary/aromatic N) is 2. The lowest BCUT2D eigenvalue weighted by atomic mass is 9.91. The SMILES string of the molecule is COC(=O)C(O)C1CCN(Cc2nc3c(s2)CC(C)CC3)CC1. The largest absolute Gasteiger partial charge is 0.467 e.